The highest BCUT2D eigenvalue weighted by Gasteiger charge is 2.25. The van der Waals surface area contributed by atoms with Crippen LogP contribution in [-0.4, -0.2) is 55.1 Å². The van der Waals surface area contributed by atoms with Gasteiger partial charge in [0.05, 0.1) is 12.8 Å². The third-order valence-electron chi connectivity index (χ3n) is 6.35. The Bertz CT molecular complexity index is 1460. The van der Waals surface area contributed by atoms with E-state index in [1.54, 1.807) is 24.4 Å². The SMILES string of the molecule is COc1cc(-c2ccc3c(c2NC(=O)NS(=O)(=O)c2ccn(CC4C=CB(O)OC4)n2)CCC3)ccn1. The summed E-state index contributed by atoms with van der Waals surface area (Å²) in [5, 5.41) is 16.0. The Morgan fingerprint density at radius 3 is 2.95 bits per heavy atom. The Hall–Kier alpha value is -3.68. The maximum atomic E-state index is 12.9. The number of hydrogen-bond donors (Lipinski definition) is 3. The summed E-state index contributed by atoms with van der Waals surface area (Å²) < 4.78 is 39.8. The van der Waals surface area contributed by atoms with Gasteiger partial charge < -0.3 is 19.7 Å². The lowest BCUT2D eigenvalue weighted by molar-refractivity contribution is 0.215. The predicted molar refractivity (Wildman–Crippen MR) is 136 cm³/mol. The van der Waals surface area contributed by atoms with Crippen molar-refractivity contribution in [3.8, 4) is 17.0 Å². The number of amides is 2. The quantitative estimate of drug-likeness (QED) is 0.400. The summed E-state index contributed by atoms with van der Waals surface area (Å²) in [5.74, 6) is 1.89. The maximum absolute atomic E-state index is 12.9. The van der Waals surface area contributed by atoms with Gasteiger partial charge >= 0.3 is 13.1 Å². The Balaban J connectivity index is 1.34. The zero-order valence-electron chi connectivity index (χ0n) is 20.1. The first-order valence-corrected chi connectivity index (χ1v) is 13.3. The number of nitrogens with one attached hydrogen (secondary N) is 2. The normalized spacial score (nSPS) is 16.9. The molecule has 13 heteroatoms. The van der Waals surface area contributed by atoms with Crippen molar-refractivity contribution < 1.29 is 27.6 Å². The molecule has 1 aromatic carbocycles. The van der Waals surface area contributed by atoms with Gasteiger partial charge in [0.25, 0.3) is 10.0 Å². The van der Waals surface area contributed by atoms with Crippen molar-refractivity contribution in [1.29, 1.82) is 0 Å². The van der Waals surface area contributed by atoms with Gasteiger partial charge in [0.2, 0.25) is 5.88 Å². The van der Waals surface area contributed by atoms with Crippen LogP contribution in [-0.2, 0) is 34.1 Å². The van der Waals surface area contributed by atoms with E-state index in [0.29, 0.717) is 18.1 Å². The summed E-state index contributed by atoms with van der Waals surface area (Å²) >= 11 is 0. The molecule has 1 atom stereocenters. The van der Waals surface area contributed by atoms with Gasteiger partial charge in [0.1, 0.15) is 0 Å². The first-order chi connectivity index (χ1) is 17.8. The zero-order chi connectivity index (χ0) is 26.0. The number of methoxy groups -OCH3 is 1. The van der Waals surface area contributed by atoms with Gasteiger partial charge in [-0.15, -0.1) is 0 Å². The molecule has 3 aromatic rings. The number of rotatable bonds is 7. The Morgan fingerprint density at radius 2 is 2.16 bits per heavy atom. The van der Waals surface area contributed by atoms with Crippen LogP contribution in [0.25, 0.3) is 11.1 Å². The first kappa shape index (κ1) is 25.0. The van der Waals surface area contributed by atoms with E-state index in [4.69, 9.17) is 9.39 Å². The second-order valence-corrected chi connectivity index (χ2v) is 10.5. The molecule has 1 unspecified atom stereocenters. The van der Waals surface area contributed by atoms with Crippen LogP contribution < -0.4 is 14.8 Å². The molecule has 5 rings (SSSR count). The maximum Gasteiger partial charge on any atom is 0.483 e. The summed E-state index contributed by atoms with van der Waals surface area (Å²) in [6, 6.07) is 7.95. The number of nitrogens with zero attached hydrogens (tertiary/aromatic N) is 3. The van der Waals surface area contributed by atoms with Crippen molar-refractivity contribution in [2.45, 2.75) is 30.8 Å². The molecule has 1 aliphatic carbocycles. The number of urea groups is 1. The van der Waals surface area contributed by atoms with E-state index in [0.717, 1.165) is 41.5 Å². The van der Waals surface area contributed by atoms with Crippen molar-refractivity contribution in [2.75, 3.05) is 19.0 Å². The molecule has 1 aliphatic heterocycles. The van der Waals surface area contributed by atoms with Crippen LogP contribution in [0.1, 0.15) is 17.5 Å². The van der Waals surface area contributed by atoms with Crippen molar-refractivity contribution in [1.82, 2.24) is 19.5 Å². The molecular weight excluding hydrogens is 497 g/mol. The molecule has 0 bridgehead atoms. The van der Waals surface area contributed by atoms with Gasteiger partial charge in [0, 0.05) is 43.1 Å². The number of ether oxygens (including phenoxy) is 1. The monoisotopic (exact) mass is 523 g/mol. The molecule has 192 valence electrons. The average molecular weight is 523 g/mol. The Labute approximate surface area is 214 Å². The highest BCUT2D eigenvalue weighted by atomic mass is 32.2. The number of carbonyl (C=O) groups excluding carboxylic acids is 1. The molecule has 0 saturated heterocycles. The van der Waals surface area contributed by atoms with Crippen LogP contribution >= 0.6 is 0 Å². The molecule has 11 nitrogen and oxygen atoms in total. The second-order valence-electron chi connectivity index (χ2n) is 8.87. The molecule has 2 aliphatic rings. The van der Waals surface area contributed by atoms with E-state index < -0.39 is 23.2 Å². The lowest BCUT2D eigenvalue weighted by Gasteiger charge is -2.18. The van der Waals surface area contributed by atoms with E-state index in [9.17, 15) is 18.2 Å². The molecule has 3 N–H and O–H groups in total. The highest BCUT2D eigenvalue weighted by Crippen LogP contribution is 2.38. The van der Waals surface area contributed by atoms with E-state index in [1.165, 1.54) is 30.0 Å². The van der Waals surface area contributed by atoms with E-state index in [2.05, 4.69) is 20.1 Å². The van der Waals surface area contributed by atoms with Crippen LogP contribution in [0.3, 0.4) is 0 Å². The van der Waals surface area contributed by atoms with Gasteiger partial charge in [-0.05, 0) is 48.1 Å². The number of aromatic nitrogens is 3. The third kappa shape index (κ3) is 5.53. The minimum atomic E-state index is -4.22. The minimum Gasteiger partial charge on any atom is -0.481 e. The number of fused-ring (bicyclic) bond motifs is 1. The largest absolute Gasteiger partial charge is 0.483 e. The second kappa shape index (κ2) is 10.4. The molecule has 3 heterocycles. The van der Waals surface area contributed by atoms with Crippen LogP contribution in [0, 0.1) is 5.92 Å². The first-order valence-electron chi connectivity index (χ1n) is 11.8. The lowest BCUT2D eigenvalue weighted by atomic mass is 9.85. The van der Waals surface area contributed by atoms with E-state index in [-0.39, 0.29) is 17.6 Å². The van der Waals surface area contributed by atoms with Gasteiger partial charge in [0.15, 0.2) is 5.03 Å². The van der Waals surface area contributed by atoms with Gasteiger partial charge in [-0.1, -0.05) is 24.2 Å². The zero-order valence-corrected chi connectivity index (χ0v) is 20.9. The van der Waals surface area contributed by atoms with Crippen LogP contribution in [0.5, 0.6) is 5.88 Å². The number of sulfonamides is 1. The fourth-order valence-electron chi connectivity index (χ4n) is 4.58. The van der Waals surface area contributed by atoms with Gasteiger partial charge in [-0.3, -0.25) is 4.68 Å². The molecule has 0 spiro atoms. The smallest absolute Gasteiger partial charge is 0.481 e. The lowest BCUT2D eigenvalue weighted by Crippen LogP contribution is -2.35. The molecule has 0 fully saturated rings. The summed E-state index contributed by atoms with van der Waals surface area (Å²) in [6.07, 6.45) is 7.54. The van der Waals surface area contributed by atoms with E-state index in [1.807, 2.05) is 12.1 Å². The van der Waals surface area contributed by atoms with E-state index >= 15 is 0 Å². The number of benzene rings is 1. The van der Waals surface area contributed by atoms with Crippen molar-refractivity contribution in [2.24, 2.45) is 5.92 Å². The topological polar surface area (TPSA) is 145 Å². The van der Waals surface area contributed by atoms with Crippen molar-refractivity contribution in [3.63, 3.8) is 0 Å². The summed E-state index contributed by atoms with van der Waals surface area (Å²) in [5.41, 5.74) is 4.19. The van der Waals surface area contributed by atoms with Crippen LogP contribution in [0.4, 0.5) is 10.5 Å². The third-order valence-corrected chi connectivity index (χ3v) is 7.57. The van der Waals surface area contributed by atoms with Crippen molar-refractivity contribution >= 4 is 28.9 Å². The summed E-state index contributed by atoms with van der Waals surface area (Å²) in [4.78, 5) is 17.1. The fourth-order valence-corrected chi connectivity index (χ4v) is 5.43. The number of carbonyl (C=O) groups is 1. The average Bonchev–Trinajstić information content (AvgIpc) is 3.56. The number of aryl methyl sites for hydroxylation is 1. The van der Waals surface area contributed by atoms with Crippen LogP contribution in [0.2, 0.25) is 0 Å². The van der Waals surface area contributed by atoms with Gasteiger partial charge in [-0.25, -0.2) is 14.5 Å². The molecule has 2 amide bonds. The molecule has 0 radical (unpaired) electrons. The van der Waals surface area contributed by atoms with Crippen LogP contribution in [0.15, 0.2) is 59.8 Å². The number of hydrogen-bond acceptors (Lipinski definition) is 8. The standard InChI is InChI=1S/C24H26BN5O6S/c1-35-21-13-18(8-11-26-21)20-6-5-17-3-2-4-19(17)23(20)27-24(31)29-37(33,34)22-9-12-30(28-22)14-16-7-10-25(32)36-15-16/h5-13,16,32H,2-4,14-15H2,1H3,(H2,27,29,31). The molecule has 0 saturated carbocycles. The molecule has 2 aromatic heterocycles. The molecular formula is C24H26BN5O6S. The van der Waals surface area contributed by atoms with Crippen molar-refractivity contribution in [3.05, 3.63) is 65.9 Å². The molecule has 37 heavy (non-hydrogen) atoms. The van der Waals surface area contributed by atoms with Gasteiger partial charge in [-0.2, -0.15) is 13.5 Å². The predicted octanol–water partition coefficient (Wildman–Crippen LogP) is 2.18. The Kier molecular flexibility index (Phi) is 7.00. The number of pyridine rings is 1. The number of anilines is 1. The Morgan fingerprint density at radius 1 is 1.30 bits per heavy atom. The minimum absolute atomic E-state index is 0.0690. The summed E-state index contributed by atoms with van der Waals surface area (Å²) in [6.45, 7) is 0.646. The summed E-state index contributed by atoms with van der Waals surface area (Å²) in [7, 11) is -3.63. The fraction of sp³-hybridized carbons (Fsp3) is 0.292. The highest BCUT2D eigenvalue weighted by molar-refractivity contribution is 7.90.